The molecule has 6 heteroatoms. The fraction of sp³-hybridized carbons (Fsp3) is 0.0256. The average Bonchev–Trinajstić information content (AvgIpc) is 3.57. The summed E-state index contributed by atoms with van der Waals surface area (Å²) < 4.78 is 11.9. The summed E-state index contributed by atoms with van der Waals surface area (Å²) in [6, 6.07) is 51.2. The predicted molar refractivity (Wildman–Crippen MR) is 178 cm³/mol. The van der Waals surface area contributed by atoms with E-state index < -0.39 is 0 Å². The molecular weight excluding hydrogens is 738 g/mol. The van der Waals surface area contributed by atoms with Crippen molar-refractivity contribution in [2.24, 2.45) is 0 Å². The van der Waals surface area contributed by atoms with Gasteiger partial charge < -0.3 is 26.7 Å². The molecular formula is C39H30N3O2Pt-3. The van der Waals surface area contributed by atoms with Crippen molar-refractivity contribution < 1.29 is 30.5 Å². The minimum atomic E-state index is 0. The van der Waals surface area contributed by atoms with Crippen LogP contribution >= 0.6 is 0 Å². The third kappa shape index (κ3) is 7.52. The van der Waals surface area contributed by atoms with Crippen LogP contribution in [-0.2, 0) is 21.1 Å². The Morgan fingerprint density at radius 3 is 1.76 bits per heavy atom. The third-order valence-corrected chi connectivity index (χ3v) is 7.07. The van der Waals surface area contributed by atoms with Crippen molar-refractivity contribution >= 4 is 11.4 Å². The van der Waals surface area contributed by atoms with Gasteiger partial charge in [0.05, 0.1) is 6.67 Å². The quantitative estimate of drug-likeness (QED) is 0.144. The molecule has 1 aliphatic heterocycles. The molecule has 0 fully saturated rings. The second-order valence-corrected chi connectivity index (χ2v) is 10.0. The van der Waals surface area contributed by atoms with Gasteiger partial charge in [0, 0.05) is 68.7 Å². The van der Waals surface area contributed by atoms with E-state index in [0.29, 0.717) is 29.8 Å². The van der Waals surface area contributed by atoms with Gasteiger partial charge in [0.2, 0.25) is 5.88 Å². The van der Waals surface area contributed by atoms with Crippen LogP contribution in [0.4, 0.5) is 11.4 Å². The summed E-state index contributed by atoms with van der Waals surface area (Å²) in [5, 5.41) is 0. The standard InChI is InChI=1S/C38H27N3O2.CH3.Pt/c1-3-11-29(12-4-1)31-23-32(30-13-5-2-6-14-30)25-34(24-31)41-22-21-40(28-41)33-15-9-16-35(26-33)42-36-17-10-18-37(27-36)43-38-19-7-8-20-39-38;;/h1-25H,28H2;1H3;/q-2;-1;. The van der Waals surface area contributed by atoms with Crippen LogP contribution in [-0.4, -0.2) is 11.7 Å². The van der Waals surface area contributed by atoms with Gasteiger partial charge in [0.25, 0.3) is 0 Å². The first-order chi connectivity index (χ1) is 21.3. The average molecular weight is 768 g/mol. The van der Waals surface area contributed by atoms with Crippen LogP contribution in [0.5, 0.6) is 23.1 Å². The molecule has 6 aromatic rings. The van der Waals surface area contributed by atoms with Gasteiger partial charge in [0.15, 0.2) is 0 Å². The van der Waals surface area contributed by atoms with E-state index in [2.05, 4.69) is 106 Å². The van der Waals surface area contributed by atoms with E-state index in [1.165, 1.54) is 22.3 Å². The van der Waals surface area contributed by atoms with Crippen LogP contribution in [0.15, 0.2) is 152 Å². The first-order valence-corrected chi connectivity index (χ1v) is 14.1. The third-order valence-electron chi connectivity index (χ3n) is 7.07. The topological polar surface area (TPSA) is 37.8 Å². The minimum Gasteiger partial charge on any atom is -0.509 e. The Morgan fingerprint density at radius 2 is 1.11 bits per heavy atom. The molecule has 0 saturated heterocycles. The number of hydrogen-bond acceptors (Lipinski definition) is 5. The summed E-state index contributed by atoms with van der Waals surface area (Å²) in [7, 11) is 0. The van der Waals surface area contributed by atoms with Gasteiger partial charge in [-0.1, -0.05) is 78.5 Å². The smallest absolute Gasteiger partial charge is 0.216 e. The predicted octanol–water partition coefficient (Wildman–Crippen LogP) is 9.80. The zero-order valence-corrected chi connectivity index (χ0v) is 26.9. The number of pyridine rings is 1. The molecule has 0 N–H and O–H groups in total. The number of anilines is 2. The molecule has 0 saturated carbocycles. The van der Waals surface area contributed by atoms with E-state index in [-0.39, 0.29) is 28.5 Å². The molecule has 7 rings (SSSR count). The molecule has 0 aliphatic carbocycles. The summed E-state index contributed by atoms with van der Waals surface area (Å²) in [5.74, 6) is 2.15. The summed E-state index contributed by atoms with van der Waals surface area (Å²) in [6.45, 7) is 0.645. The fourth-order valence-corrected chi connectivity index (χ4v) is 4.96. The molecule has 226 valence electrons. The SMILES string of the molecule is [CH3-].[Pt].[c-]1c(Oc2[c-]c(N3C=CN(c4cc(-c5ccccc5)cc(-c5ccccc5)c4)C3)ccc2)cccc1Oc1ccccn1. The van der Waals surface area contributed by atoms with Gasteiger partial charge >= 0.3 is 0 Å². The Labute approximate surface area is 279 Å². The molecule has 5 nitrogen and oxygen atoms in total. The number of hydrogen-bond donors (Lipinski definition) is 0. The molecule has 0 atom stereocenters. The van der Waals surface area contributed by atoms with E-state index in [1.54, 1.807) is 12.3 Å². The molecule has 1 aliphatic rings. The van der Waals surface area contributed by atoms with Crippen molar-refractivity contribution in [3.63, 3.8) is 0 Å². The van der Waals surface area contributed by atoms with Crippen molar-refractivity contribution in [1.29, 1.82) is 0 Å². The van der Waals surface area contributed by atoms with Gasteiger partial charge in [0.1, 0.15) is 0 Å². The second kappa shape index (κ2) is 14.6. The number of benzene rings is 5. The zero-order chi connectivity index (χ0) is 28.8. The number of nitrogens with zero attached hydrogens (tertiary/aromatic N) is 3. The van der Waals surface area contributed by atoms with Crippen LogP contribution in [0.2, 0.25) is 0 Å². The Morgan fingerprint density at radius 1 is 0.533 bits per heavy atom. The first-order valence-electron chi connectivity index (χ1n) is 14.1. The summed E-state index contributed by atoms with van der Waals surface area (Å²) in [4.78, 5) is 8.60. The minimum absolute atomic E-state index is 0. The van der Waals surface area contributed by atoms with Gasteiger partial charge in [-0.3, -0.25) is 0 Å². The maximum Gasteiger partial charge on any atom is 0.216 e. The van der Waals surface area contributed by atoms with Crippen molar-refractivity contribution in [3.05, 3.63) is 172 Å². The molecule has 0 bridgehead atoms. The molecule has 0 amide bonds. The van der Waals surface area contributed by atoms with Gasteiger partial charge in [-0.25, -0.2) is 4.98 Å². The van der Waals surface area contributed by atoms with E-state index in [9.17, 15) is 0 Å². The maximum absolute atomic E-state index is 6.12. The van der Waals surface area contributed by atoms with Crippen molar-refractivity contribution in [2.45, 2.75) is 0 Å². The molecule has 0 spiro atoms. The Kier molecular flexibility index (Phi) is 10.1. The molecule has 2 heterocycles. The number of aromatic nitrogens is 1. The molecule has 5 aromatic carbocycles. The van der Waals surface area contributed by atoms with Gasteiger partial charge in [-0.15, -0.1) is 30.3 Å². The molecule has 1 aromatic heterocycles. The van der Waals surface area contributed by atoms with Crippen molar-refractivity contribution in [3.8, 4) is 45.4 Å². The molecule has 0 radical (unpaired) electrons. The van der Waals surface area contributed by atoms with Crippen LogP contribution in [0.3, 0.4) is 0 Å². The van der Waals surface area contributed by atoms with Crippen LogP contribution < -0.4 is 19.3 Å². The summed E-state index contributed by atoms with van der Waals surface area (Å²) in [6.07, 6.45) is 5.86. The van der Waals surface area contributed by atoms with Gasteiger partial charge in [-0.05, 0) is 46.5 Å². The van der Waals surface area contributed by atoms with E-state index >= 15 is 0 Å². The maximum atomic E-state index is 6.12. The van der Waals surface area contributed by atoms with E-state index in [0.717, 1.165) is 11.4 Å². The zero-order valence-electron chi connectivity index (χ0n) is 24.6. The Hall–Kier alpha value is -5.12. The van der Waals surface area contributed by atoms with E-state index in [4.69, 9.17) is 9.47 Å². The Bertz CT molecular complexity index is 1810. The molecule has 0 unspecified atom stereocenters. The van der Waals surface area contributed by atoms with Crippen LogP contribution in [0, 0.1) is 19.6 Å². The summed E-state index contributed by atoms with van der Waals surface area (Å²) >= 11 is 0. The largest absolute Gasteiger partial charge is 0.509 e. The fourth-order valence-electron chi connectivity index (χ4n) is 4.96. The van der Waals surface area contributed by atoms with Crippen LogP contribution in [0.1, 0.15) is 0 Å². The van der Waals surface area contributed by atoms with Crippen LogP contribution in [0.25, 0.3) is 22.3 Å². The molecule has 45 heavy (non-hydrogen) atoms. The van der Waals surface area contributed by atoms with E-state index in [1.807, 2.05) is 60.7 Å². The monoisotopic (exact) mass is 767 g/mol. The summed E-state index contributed by atoms with van der Waals surface area (Å²) in [5.41, 5.74) is 6.75. The Balaban J connectivity index is 0.00000200. The van der Waals surface area contributed by atoms with Gasteiger partial charge in [-0.2, -0.15) is 12.1 Å². The first kappa shape index (κ1) is 31.3. The number of ether oxygens (including phenoxy) is 2. The second-order valence-electron chi connectivity index (χ2n) is 10.0. The number of rotatable bonds is 8. The van der Waals surface area contributed by atoms with Crippen molar-refractivity contribution in [1.82, 2.24) is 4.98 Å². The normalized spacial score (nSPS) is 11.8. The van der Waals surface area contributed by atoms with Crippen molar-refractivity contribution in [2.75, 3.05) is 16.5 Å².